The van der Waals surface area contributed by atoms with Crippen molar-refractivity contribution in [2.75, 3.05) is 0 Å². The predicted octanol–water partition coefficient (Wildman–Crippen LogP) is 14.5. The van der Waals surface area contributed by atoms with E-state index in [1.807, 2.05) is 0 Å². The Kier molecular flexibility index (Phi) is 31.4. The number of unbranched alkanes of at least 4 members (excludes halogenated alkanes) is 8. The van der Waals surface area contributed by atoms with Gasteiger partial charge >= 0.3 is 28.4 Å². The number of carboxylic acid groups (broad SMARTS) is 2. The molecule has 4 aromatic carbocycles. The summed E-state index contributed by atoms with van der Waals surface area (Å²) in [5, 5.41) is 57.7. The van der Waals surface area contributed by atoms with Crippen molar-refractivity contribution in [3.63, 3.8) is 0 Å². The van der Waals surface area contributed by atoms with Crippen LogP contribution in [0.15, 0.2) is 70.6 Å². The normalized spacial score (nSPS) is 11.2. The molecule has 0 aliphatic heterocycles. The Labute approximate surface area is 424 Å². The third kappa shape index (κ3) is 21.2. The Morgan fingerprint density at radius 3 is 1.22 bits per heavy atom. The quantitative estimate of drug-likeness (QED) is 0.0258. The Hall–Kier alpha value is -5.15. The zero-order chi connectivity index (χ0) is 50.4. The summed E-state index contributed by atoms with van der Waals surface area (Å²) in [6.07, 6.45) is 25.0. The van der Waals surface area contributed by atoms with E-state index >= 15 is 0 Å². The first-order valence-electron chi connectivity index (χ1n) is 25.6. The number of hydrogen-bond acceptors (Lipinski definition) is 8. The summed E-state index contributed by atoms with van der Waals surface area (Å²) >= 11 is 0. The van der Waals surface area contributed by atoms with E-state index in [0.29, 0.717) is 24.0 Å². The Bertz CT molecular complexity index is 2150. The summed E-state index contributed by atoms with van der Waals surface area (Å²) in [5.41, 5.74) is 10.9. The summed E-state index contributed by atoms with van der Waals surface area (Å²) < 4.78 is 0. The molecule has 10 nitrogen and oxygen atoms in total. The van der Waals surface area contributed by atoms with Crippen molar-refractivity contribution < 1.29 is 56.7 Å². The molecule has 0 saturated carbocycles. The summed E-state index contributed by atoms with van der Waals surface area (Å²) in [5.74, 6) is -5.25. The van der Waals surface area contributed by atoms with Crippen LogP contribution < -0.4 is 10.2 Å². The minimum atomic E-state index is -1.29. The van der Waals surface area contributed by atoms with Gasteiger partial charge in [-0.3, -0.25) is 9.98 Å². The van der Waals surface area contributed by atoms with E-state index in [4.69, 9.17) is 30.4 Å². The van der Waals surface area contributed by atoms with Crippen molar-refractivity contribution in [1.82, 2.24) is 0 Å². The number of aryl methyl sites for hydroxylation is 6. The number of hydrogen-bond donors (Lipinski definition) is 4. The fourth-order valence-electron chi connectivity index (χ4n) is 8.13. The van der Waals surface area contributed by atoms with Gasteiger partial charge < -0.3 is 30.6 Å². The van der Waals surface area contributed by atoms with Crippen LogP contribution in [-0.2, 0) is 55.0 Å². The van der Waals surface area contributed by atoms with E-state index in [1.54, 1.807) is 13.8 Å². The van der Waals surface area contributed by atoms with Crippen molar-refractivity contribution in [2.24, 2.45) is 9.98 Å². The fraction of sp³-hybridized carbons (Fsp3) is 0.517. The van der Waals surface area contributed by atoms with Gasteiger partial charge in [0, 0.05) is 0 Å². The molecule has 0 aliphatic carbocycles. The molecule has 4 N–H and O–H groups in total. The van der Waals surface area contributed by atoms with E-state index in [9.17, 15) is 19.8 Å². The molecule has 0 atom stereocenters. The van der Waals surface area contributed by atoms with Gasteiger partial charge in [-0.15, -0.1) is 0 Å². The van der Waals surface area contributed by atoms with E-state index in [0.717, 1.165) is 49.9 Å². The smallest absolute Gasteiger partial charge is 0.869 e. The molecule has 0 bridgehead atoms. The van der Waals surface area contributed by atoms with Crippen molar-refractivity contribution in [1.29, 1.82) is 0 Å². The summed E-state index contributed by atoms with van der Waals surface area (Å²) in [6, 6.07) is 19.3. The first-order chi connectivity index (χ1) is 32.7. The van der Waals surface area contributed by atoms with E-state index in [2.05, 4.69) is 77.9 Å². The minimum absolute atomic E-state index is 0. The van der Waals surface area contributed by atoms with Crippen LogP contribution in [0.2, 0.25) is 0 Å². The minimum Gasteiger partial charge on any atom is -0.869 e. The Balaban J connectivity index is 0.000000710. The average molecular weight is 994 g/mol. The first-order valence-corrected chi connectivity index (χ1v) is 25.6. The van der Waals surface area contributed by atoms with Crippen molar-refractivity contribution in [3.05, 3.63) is 105 Å². The average Bonchev–Trinajstić information content (AvgIpc) is 3.32. The van der Waals surface area contributed by atoms with Crippen LogP contribution in [0.3, 0.4) is 0 Å². The maximum absolute atomic E-state index is 11.2. The van der Waals surface area contributed by atoms with E-state index in [1.165, 1.54) is 148 Å². The number of aromatic hydroxyl groups is 2. The van der Waals surface area contributed by atoms with Crippen LogP contribution in [0, 0.1) is 0 Å². The zero-order valence-corrected chi connectivity index (χ0v) is 43.9. The van der Waals surface area contributed by atoms with E-state index in [-0.39, 0.29) is 27.6 Å². The SMILES string of the molecule is CCCCCCCCC(=Nc1ccc(CCCC)c(CCCC)c1)C(CCCC)=Nc1ccc(CCC)c(CCC)c1.CCc1ccc(O)c([O-])c1C(=O)O.CCc1ccc(O)c([O-])c1C(=O)O.[Ni+2]. The van der Waals surface area contributed by atoms with Gasteiger partial charge in [0.15, 0.2) is 0 Å². The molecule has 0 amide bonds. The van der Waals surface area contributed by atoms with Crippen molar-refractivity contribution >= 4 is 34.7 Å². The molecular formula is C58H82N2NiO8. The van der Waals surface area contributed by atoms with Crippen molar-refractivity contribution in [2.45, 2.75) is 197 Å². The van der Waals surface area contributed by atoms with Crippen LogP contribution in [0.5, 0.6) is 23.0 Å². The van der Waals surface area contributed by atoms with Gasteiger partial charge in [-0.05, 0) is 147 Å². The molecular weight excluding hydrogens is 911 g/mol. The number of phenols is 2. The molecule has 4 aromatic rings. The van der Waals surface area contributed by atoms with Crippen LogP contribution >= 0.6 is 0 Å². The third-order valence-electron chi connectivity index (χ3n) is 12.0. The van der Waals surface area contributed by atoms with Crippen LogP contribution in [0.4, 0.5) is 11.4 Å². The second kappa shape index (κ2) is 35.0. The van der Waals surface area contributed by atoms with Crippen LogP contribution in [0.25, 0.3) is 0 Å². The molecule has 0 saturated heterocycles. The fourth-order valence-corrected chi connectivity index (χ4v) is 8.13. The second-order valence-electron chi connectivity index (χ2n) is 17.6. The number of nitrogens with zero attached hydrogens (tertiary/aromatic N) is 2. The Morgan fingerprint density at radius 1 is 0.435 bits per heavy atom. The van der Waals surface area contributed by atoms with Crippen molar-refractivity contribution in [3.8, 4) is 23.0 Å². The molecule has 0 aliphatic rings. The number of aliphatic imine (C=N–C) groups is 2. The number of rotatable bonds is 27. The van der Waals surface area contributed by atoms with Crippen LogP contribution in [0.1, 0.15) is 212 Å². The number of aromatic carboxylic acids is 2. The number of benzene rings is 4. The molecule has 11 heteroatoms. The monoisotopic (exact) mass is 993 g/mol. The maximum Gasteiger partial charge on any atom is 2.00 e. The number of carboxylic acids is 2. The molecule has 69 heavy (non-hydrogen) atoms. The molecule has 0 heterocycles. The molecule has 0 radical (unpaired) electrons. The van der Waals surface area contributed by atoms with Gasteiger partial charge in [-0.25, -0.2) is 9.59 Å². The third-order valence-corrected chi connectivity index (χ3v) is 12.0. The van der Waals surface area contributed by atoms with E-state index < -0.39 is 34.9 Å². The van der Waals surface area contributed by atoms with Gasteiger partial charge in [-0.2, -0.15) is 0 Å². The topological polar surface area (TPSA) is 186 Å². The van der Waals surface area contributed by atoms with Gasteiger partial charge in [-0.1, -0.05) is 155 Å². The Morgan fingerprint density at radius 2 is 0.797 bits per heavy atom. The van der Waals surface area contributed by atoms with Gasteiger partial charge in [0.1, 0.15) is 11.5 Å². The van der Waals surface area contributed by atoms with Gasteiger partial charge in [0.25, 0.3) is 0 Å². The molecule has 0 fully saturated rings. The molecule has 4 rings (SSSR count). The largest absolute Gasteiger partial charge is 2.00 e. The first kappa shape index (κ1) is 61.9. The standard InChI is InChI=1S/C40H64N2.2C9H10O4.Ni/c1-7-13-17-18-19-20-26-40(42-38-30-28-34(23-14-8-2)36(32-38)24-15-9-3)39(25-16-10-4)41-37-29-27-33(21-11-5)35(31-37)22-12-6;2*1-2-5-3-4-6(10)8(11)7(5)9(12)13;/h27-32H,7-26H2,1-6H3;2*3-4,10-11H,2H2,1H3,(H,12,13);/q;;;+2/p-2. The molecule has 0 aromatic heterocycles. The summed E-state index contributed by atoms with van der Waals surface area (Å²) in [7, 11) is 0. The predicted molar refractivity (Wildman–Crippen MR) is 278 cm³/mol. The summed E-state index contributed by atoms with van der Waals surface area (Å²) in [6.45, 7) is 17.2. The molecule has 0 spiro atoms. The number of phenolic OH excluding ortho intramolecular Hbond substituents is 2. The number of carbonyl (C=O) groups is 2. The molecule has 382 valence electrons. The second-order valence-corrected chi connectivity index (χ2v) is 17.6. The van der Waals surface area contributed by atoms with Gasteiger partial charge in [0.05, 0.1) is 33.9 Å². The summed E-state index contributed by atoms with van der Waals surface area (Å²) in [4.78, 5) is 32.1. The zero-order valence-electron chi connectivity index (χ0n) is 43.0. The maximum atomic E-state index is 11.2. The van der Waals surface area contributed by atoms with Crippen LogP contribution in [-0.4, -0.2) is 43.8 Å². The molecule has 0 unspecified atom stereocenters. The van der Waals surface area contributed by atoms with Gasteiger partial charge in [0.2, 0.25) is 0 Å².